The molecule has 0 atom stereocenters. The molecular formula is C13H17BrO3. The summed E-state index contributed by atoms with van der Waals surface area (Å²) in [6.07, 6.45) is -0.0170. The van der Waals surface area contributed by atoms with Crippen LogP contribution in [0.3, 0.4) is 0 Å². The van der Waals surface area contributed by atoms with Crippen molar-refractivity contribution in [2.45, 2.75) is 39.5 Å². The molecule has 0 heterocycles. The van der Waals surface area contributed by atoms with Gasteiger partial charge in [-0.15, -0.1) is 0 Å². The lowest BCUT2D eigenvalue weighted by Crippen LogP contribution is -2.23. The predicted molar refractivity (Wildman–Crippen MR) is 70.6 cm³/mol. The average molecular weight is 301 g/mol. The maximum atomic E-state index is 10.9. The second-order valence-electron chi connectivity index (χ2n) is 5.00. The standard InChI is InChI=1S/C13H17BrO3/c1-7-5-8(2)11(14)12(17)10(7)13(3,4)6-9(15)16/h5,17H,6H2,1-4H3,(H,15,16). The van der Waals surface area contributed by atoms with Gasteiger partial charge < -0.3 is 10.2 Å². The Balaban J connectivity index is 3.40. The fraction of sp³-hybridized carbons (Fsp3) is 0.462. The number of carboxylic acids is 1. The molecule has 0 spiro atoms. The van der Waals surface area contributed by atoms with Gasteiger partial charge >= 0.3 is 5.97 Å². The van der Waals surface area contributed by atoms with Crippen LogP contribution >= 0.6 is 15.9 Å². The van der Waals surface area contributed by atoms with Crippen molar-refractivity contribution in [2.75, 3.05) is 0 Å². The van der Waals surface area contributed by atoms with Crippen LogP contribution in [-0.4, -0.2) is 16.2 Å². The molecule has 1 aromatic carbocycles. The fourth-order valence-electron chi connectivity index (χ4n) is 2.26. The van der Waals surface area contributed by atoms with Crippen LogP contribution in [0.4, 0.5) is 0 Å². The zero-order valence-electron chi connectivity index (χ0n) is 10.5. The van der Waals surface area contributed by atoms with E-state index in [1.807, 2.05) is 33.8 Å². The largest absolute Gasteiger partial charge is 0.506 e. The summed E-state index contributed by atoms with van der Waals surface area (Å²) in [5.41, 5.74) is 1.94. The first kappa shape index (κ1) is 14.0. The Bertz CT molecular complexity index is 464. The van der Waals surface area contributed by atoms with E-state index < -0.39 is 11.4 Å². The highest BCUT2D eigenvalue weighted by Crippen LogP contribution is 2.41. The molecule has 0 aliphatic rings. The number of aromatic hydroxyl groups is 1. The normalized spacial score (nSPS) is 11.6. The quantitative estimate of drug-likeness (QED) is 0.898. The van der Waals surface area contributed by atoms with Crippen LogP contribution in [0.5, 0.6) is 5.75 Å². The summed E-state index contributed by atoms with van der Waals surface area (Å²) in [5.74, 6) is -0.723. The molecule has 0 unspecified atom stereocenters. The van der Waals surface area contributed by atoms with Crippen molar-refractivity contribution in [2.24, 2.45) is 0 Å². The number of hydrogen-bond acceptors (Lipinski definition) is 2. The summed E-state index contributed by atoms with van der Waals surface area (Å²) >= 11 is 3.33. The topological polar surface area (TPSA) is 57.5 Å². The molecule has 4 heteroatoms. The Morgan fingerprint density at radius 2 is 1.88 bits per heavy atom. The molecule has 0 fully saturated rings. The first-order valence-electron chi connectivity index (χ1n) is 5.37. The number of carbonyl (C=O) groups is 1. The summed E-state index contributed by atoms with van der Waals surface area (Å²) in [7, 11) is 0. The maximum Gasteiger partial charge on any atom is 0.304 e. The number of aryl methyl sites for hydroxylation is 2. The molecule has 17 heavy (non-hydrogen) atoms. The smallest absolute Gasteiger partial charge is 0.304 e. The van der Waals surface area contributed by atoms with Crippen molar-refractivity contribution < 1.29 is 15.0 Å². The van der Waals surface area contributed by atoms with Crippen LogP contribution in [0, 0.1) is 13.8 Å². The Hall–Kier alpha value is -1.03. The maximum absolute atomic E-state index is 10.9. The van der Waals surface area contributed by atoms with E-state index in [1.54, 1.807) is 0 Å². The summed E-state index contributed by atoms with van der Waals surface area (Å²) < 4.78 is 0.636. The molecule has 1 rings (SSSR count). The van der Waals surface area contributed by atoms with Crippen LogP contribution in [0.2, 0.25) is 0 Å². The minimum Gasteiger partial charge on any atom is -0.506 e. The number of aliphatic carboxylic acids is 1. The summed E-state index contributed by atoms with van der Waals surface area (Å²) in [6.45, 7) is 7.43. The zero-order valence-corrected chi connectivity index (χ0v) is 12.1. The Morgan fingerprint density at radius 3 is 2.35 bits per heavy atom. The van der Waals surface area contributed by atoms with Crippen molar-refractivity contribution in [3.8, 4) is 5.75 Å². The number of phenols is 1. The third kappa shape index (κ3) is 2.80. The van der Waals surface area contributed by atoms with Gasteiger partial charge in [0.15, 0.2) is 0 Å². The summed E-state index contributed by atoms with van der Waals surface area (Å²) in [6, 6.07) is 1.95. The molecule has 2 N–H and O–H groups in total. The average Bonchev–Trinajstić information content (AvgIpc) is 2.11. The van der Waals surface area contributed by atoms with Gasteiger partial charge in [-0.1, -0.05) is 19.9 Å². The molecule has 0 amide bonds. The van der Waals surface area contributed by atoms with Gasteiger partial charge in [0.1, 0.15) is 5.75 Å². The van der Waals surface area contributed by atoms with Crippen LogP contribution in [-0.2, 0) is 10.2 Å². The van der Waals surface area contributed by atoms with Crippen LogP contribution in [0.1, 0.15) is 37.0 Å². The number of halogens is 1. The fourth-order valence-corrected chi connectivity index (χ4v) is 2.58. The lowest BCUT2D eigenvalue weighted by Gasteiger charge is -2.27. The van der Waals surface area contributed by atoms with E-state index in [0.29, 0.717) is 10.0 Å². The minimum atomic E-state index is -0.870. The van der Waals surface area contributed by atoms with Crippen molar-refractivity contribution in [3.05, 3.63) is 27.2 Å². The van der Waals surface area contributed by atoms with Gasteiger partial charge in [0.25, 0.3) is 0 Å². The van der Waals surface area contributed by atoms with Crippen LogP contribution in [0.25, 0.3) is 0 Å². The van der Waals surface area contributed by atoms with E-state index in [9.17, 15) is 9.90 Å². The summed E-state index contributed by atoms with van der Waals surface area (Å²) in [5, 5.41) is 19.1. The highest BCUT2D eigenvalue weighted by atomic mass is 79.9. The van der Waals surface area contributed by atoms with Gasteiger partial charge in [-0.3, -0.25) is 4.79 Å². The molecular weight excluding hydrogens is 284 g/mol. The number of hydrogen-bond donors (Lipinski definition) is 2. The van der Waals surface area contributed by atoms with E-state index >= 15 is 0 Å². The lowest BCUT2D eigenvalue weighted by molar-refractivity contribution is -0.138. The first-order chi connectivity index (χ1) is 7.66. The number of phenolic OH excluding ortho intramolecular Hbond substituents is 1. The predicted octanol–water partition coefficient (Wildman–Crippen LogP) is 3.52. The van der Waals surface area contributed by atoms with E-state index in [1.165, 1.54) is 0 Å². The van der Waals surface area contributed by atoms with Gasteiger partial charge in [-0.05, 0) is 40.9 Å². The van der Waals surface area contributed by atoms with Gasteiger partial charge in [0, 0.05) is 11.0 Å². The van der Waals surface area contributed by atoms with E-state index in [4.69, 9.17) is 5.11 Å². The minimum absolute atomic E-state index is 0.0170. The second-order valence-corrected chi connectivity index (χ2v) is 5.80. The molecule has 0 saturated heterocycles. The molecule has 94 valence electrons. The van der Waals surface area contributed by atoms with Crippen molar-refractivity contribution in [3.63, 3.8) is 0 Å². The van der Waals surface area contributed by atoms with E-state index in [0.717, 1.165) is 11.1 Å². The zero-order chi connectivity index (χ0) is 13.4. The Kier molecular flexibility index (Phi) is 3.87. The highest BCUT2D eigenvalue weighted by Gasteiger charge is 2.30. The Morgan fingerprint density at radius 1 is 1.35 bits per heavy atom. The first-order valence-corrected chi connectivity index (χ1v) is 6.17. The van der Waals surface area contributed by atoms with Gasteiger partial charge in [-0.25, -0.2) is 0 Å². The molecule has 0 aliphatic carbocycles. The number of rotatable bonds is 3. The number of benzene rings is 1. The lowest BCUT2D eigenvalue weighted by atomic mass is 9.78. The molecule has 1 aromatic rings. The third-order valence-electron chi connectivity index (χ3n) is 2.89. The summed E-state index contributed by atoms with van der Waals surface area (Å²) in [4.78, 5) is 10.9. The van der Waals surface area contributed by atoms with Crippen molar-refractivity contribution >= 4 is 21.9 Å². The molecule has 0 radical (unpaired) electrons. The monoisotopic (exact) mass is 300 g/mol. The second kappa shape index (κ2) is 4.69. The Labute approximate surface area is 110 Å². The SMILES string of the molecule is Cc1cc(C)c(C(C)(C)CC(=O)O)c(O)c1Br. The molecule has 3 nitrogen and oxygen atoms in total. The van der Waals surface area contributed by atoms with E-state index in [-0.39, 0.29) is 12.2 Å². The van der Waals surface area contributed by atoms with Gasteiger partial charge in [0.2, 0.25) is 0 Å². The van der Waals surface area contributed by atoms with Crippen LogP contribution in [0.15, 0.2) is 10.5 Å². The molecule has 0 aliphatic heterocycles. The van der Waals surface area contributed by atoms with Crippen molar-refractivity contribution in [1.29, 1.82) is 0 Å². The third-order valence-corrected chi connectivity index (χ3v) is 3.89. The van der Waals surface area contributed by atoms with Gasteiger partial charge in [-0.2, -0.15) is 0 Å². The molecule has 0 aromatic heterocycles. The highest BCUT2D eigenvalue weighted by molar-refractivity contribution is 9.10. The van der Waals surface area contributed by atoms with Crippen LogP contribution < -0.4 is 0 Å². The molecule has 0 bridgehead atoms. The van der Waals surface area contributed by atoms with E-state index in [2.05, 4.69) is 15.9 Å². The number of carboxylic acid groups (broad SMARTS) is 1. The van der Waals surface area contributed by atoms with Crippen molar-refractivity contribution in [1.82, 2.24) is 0 Å². The van der Waals surface area contributed by atoms with Gasteiger partial charge in [0.05, 0.1) is 10.9 Å². The molecule has 0 saturated carbocycles.